The molecular weight excluding hydrogens is 465 g/mol. The maximum Gasteiger partial charge on any atom is 0.471 e. The van der Waals surface area contributed by atoms with E-state index in [2.05, 4.69) is 5.10 Å². The molecule has 1 aliphatic heterocycles. The third-order valence-electron chi connectivity index (χ3n) is 7.15. The Morgan fingerprint density at radius 3 is 2.43 bits per heavy atom. The van der Waals surface area contributed by atoms with Crippen LogP contribution in [-0.2, 0) is 27.2 Å². The maximum absolute atomic E-state index is 13.1. The van der Waals surface area contributed by atoms with E-state index in [4.69, 9.17) is 4.74 Å². The lowest BCUT2D eigenvalue weighted by atomic mass is 9.83. The highest BCUT2D eigenvalue weighted by Gasteiger charge is 2.42. The number of amides is 1. The molecule has 1 aromatic heterocycles. The molecule has 1 aliphatic carbocycles. The number of fused-ring (bicyclic) bond motifs is 1. The van der Waals surface area contributed by atoms with Crippen molar-refractivity contribution in [1.82, 2.24) is 19.2 Å². The van der Waals surface area contributed by atoms with E-state index in [-0.39, 0.29) is 37.2 Å². The minimum atomic E-state index is -4.89. The number of esters is 1. The molecule has 2 heterocycles. The van der Waals surface area contributed by atoms with Crippen LogP contribution in [0, 0.1) is 5.92 Å². The van der Waals surface area contributed by atoms with Gasteiger partial charge in [0.1, 0.15) is 6.33 Å². The van der Waals surface area contributed by atoms with Crippen LogP contribution in [0.1, 0.15) is 55.7 Å². The first-order chi connectivity index (χ1) is 16.7. The summed E-state index contributed by atoms with van der Waals surface area (Å²) in [6.07, 6.45) is 1.93. The quantitative estimate of drug-likeness (QED) is 0.596. The topological polar surface area (TPSA) is 86.4 Å². The first-order valence-electron chi connectivity index (χ1n) is 11.9. The van der Waals surface area contributed by atoms with Gasteiger partial charge in [0.25, 0.3) is 0 Å². The molecule has 1 amide bonds. The molecule has 0 atom stereocenters. The van der Waals surface area contributed by atoms with Crippen molar-refractivity contribution in [3.8, 4) is 5.69 Å². The molecule has 1 aromatic carbocycles. The summed E-state index contributed by atoms with van der Waals surface area (Å²) in [6.45, 7) is -0.0288. The van der Waals surface area contributed by atoms with Gasteiger partial charge in [0.2, 0.25) is 0 Å². The van der Waals surface area contributed by atoms with E-state index in [1.165, 1.54) is 18.1 Å². The Balaban J connectivity index is 1.43. The van der Waals surface area contributed by atoms with E-state index in [0.29, 0.717) is 24.4 Å². The third kappa shape index (κ3) is 5.59. The van der Waals surface area contributed by atoms with Crippen LogP contribution in [0.2, 0.25) is 0 Å². The number of ether oxygens (including phenoxy) is 1. The molecule has 2 aromatic rings. The molecule has 2 aliphatic rings. The number of halogens is 3. The van der Waals surface area contributed by atoms with E-state index < -0.39 is 12.1 Å². The molecule has 0 unspecified atom stereocenters. The fourth-order valence-corrected chi connectivity index (χ4v) is 5.10. The van der Waals surface area contributed by atoms with Crippen molar-refractivity contribution in [2.24, 2.45) is 5.92 Å². The highest BCUT2D eigenvalue weighted by atomic mass is 19.4. The van der Waals surface area contributed by atoms with Crippen LogP contribution < -0.4 is 5.69 Å². The van der Waals surface area contributed by atoms with Crippen LogP contribution in [0.4, 0.5) is 13.2 Å². The average molecular weight is 495 g/mol. The Bertz CT molecular complexity index is 1130. The second kappa shape index (κ2) is 10.2. The van der Waals surface area contributed by atoms with Crippen molar-refractivity contribution < 1.29 is 27.5 Å². The summed E-state index contributed by atoms with van der Waals surface area (Å²) in [7, 11) is 1.39. The Kier molecular flexibility index (Phi) is 7.32. The molecule has 35 heavy (non-hydrogen) atoms. The van der Waals surface area contributed by atoms with Crippen molar-refractivity contribution in [1.29, 1.82) is 0 Å². The maximum atomic E-state index is 13.1. The Hall–Kier alpha value is -3.11. The van der Waals surface area contributed by atoms with Gasteiger partial charge in [-0.2, -0.15) is 23.0 Å². The van der Waals surface area contributed by atoms with Crippen LogP contribution in [0.15, 0.2) is 29.3 Å². The normalized spacial score (nSPS) is 20.7. The summed E-state index contributed by atoms with van der Waals surface area (Å²) < 4.78 is 46.1. The van der Waals surface area contributed by atoms with Crippen LogP contribution in [0.3, 0.4) is 0 Å². The zero-order valence-corrected chi connectivity index (χ0v) is 19.6. The molecule has 1 saturated carbocycles. The van der Waals surface area contributed by atoms with Gasteiger partial charge in [-0.05, 0) is 74.1 Å². The minimum absolute atomic E-state index is 0.00156. The van der Waals surface area contributed by atoms with E-state index in [0.717, 1.165) is 48.1 Å². The number of alkyl halides is 3. The van der Waals surface area contributed by atoms with Crippen molar-refractivity contribution in [3.05, 3.63) is 46.1 Å². The van der Waals surface area contributed by atoms with E-state index in [1.807, 2.05) is 0 Å². The van der Waals surface area contributed by atoms with Crippen LogP contribution in [-0.4, -0.2) is 57.5 Å². The lowest BCUT2D eigenvalue weighted by Gasteiger charge is -2.28. The predicted octanol–water partition coefficient (Wildman–Crippen LogP) is 3.21. The van der Waals surface area contributed by atoms with Crippen molar-refractivity contribution in [3.63, 3.8) is 0 Å². The number of nitrogens with zero attached hydrogens (tertiary/aromatic N) is 4. The Morgan fingerprint density at radius 2 is 1.77 bits per heavy atom. The van der Waals surface area contributed by atoms with Crippen LogP contribution in [0.25, 0.3) is 5.69 Å². The van der Waals surface area contributed by atoms with E-state index >= 15 is 0 Å². The number of methoxy groups -OCH3 is 1. The lowest BCUT2D eigenvalue weighted by Crippen LogP contribution is -2.42. The highest BCUT2D eigenvalue weighted by Crippen LogP contribution is 2.34. The first-order valence-corrected chi connectivity index (χ1v) is 11.9. The SMILES string of the molecule is COC(=O)CC[C@H]1CC[C@H](n2cnn(-c3ccc4c(c3)CCN(C(=O)C(F)(F)F)CC4)c2=O)CC1. The number of rotatable bonds is 5. The molecule has 8 nitrogen and oxygen atoms in total. The summed E-state index contributed by atoms with van der Waals surface area (Å²) in [5, 5.41) is 4.29. The summed E-state index contributed by atoms with van der Waals surface area (Å²) in [4.78, 5) is 37.0. The largest absolute Gasteiger partial charge is 0.471 e. The number of carbonyl (C=O) groups excluding carboxylic acids is 2. The van der Waals surface area contributed by atoms with Gasteiger partial charge in [0.05, 0.1) is 12.8 Å². The summed E-state index contributed by atoms with van der Waals surface area (Å²) in [6, 6.07) is 5.35. The summed E-state index contributed by atoms with van der Waals surface area (Å²) >= 11 is 0. The molecule has 190 valence electrons. The van der Waals surface area contributed by atoms with Gasteiger partial charge in [0, 0.05) is 25.6 Å². The number of benzene rings is 1. The van der Waals surface area contributed by atoms with Gasteiger partial charge in [-0.25, -0.2) is 4.79 Å². The Morgan fingerprint density at radius 1 is 1.09 bits per heavy atom. The second-order valence-electron chi connectivity index (χ2n) is 9.26. The van der Waals surface area contributed by atoms with Gasteiger partial charge in [0.15, 0.2) is 0 Å². The molecule has 0 bridgehead atoms. The lowest BCUT2D eigenvalue weighted by molar-refractivity contribution is -0.185. The number of hydrogen-bond acceptors (Lipinski definition) is 5. The van der Waals surface area contributed by atoms with Crippen molar-refractivity contribution in [2.45, 2.75) is 63.6 Å². The second-order valence-corrected chi connectivity index (χ2v) is 9.26. The molecule has 0 N–H and O–H groups in total. The standard InChI is InChI=1S/C24H29F3N4O4/c1-35-21(32)9-4-16-2-6-19(7-3-16)30-15-28-31(23(30)34)20-8-5-17-10-12-29(13-11-18(17)14-20)22(33)24(25,26)27/h5,8,14-16,19H,2-4,6-7,9-13H2,1H3/t16-,19-. The molecule has 11 heteroatoms. The summed E-state index contributed by atoms with van der Waals surface area (Å²) in [5.74, 6) is -1.59. The van der Waals surface area contributed by atoms with Gasteiger partial charge in [-0.1, -0.05) is 6.07 Å². The highest BCUT2D eigenvalue weighted by molar-refractivity contribution is 5.82. The zero-order valence-electron chi connectivity index (χ0n) is 19.6. The van der Waals surface area contributed by atoms with Crippen LogP contribution >= 0.6 is 0 Å². The monoisotopic (exact) mass is 494 g/mol. The van der Waals surface area contributed by atoms with Crippen molar-refractivity contribution in [2.75, 3.05) is 20.2 Å². The minimum Gasteiger partial charge on any atom is -0.469 e. The van der Waals surface area contributed by atoms with E-state index in [1.54, 1.807) is 22.8 Å². The Labute approximate surface area is 200 Å². The number of aromatic nitrogens is 3. The zero-order chi connectivity index (χ0) is 25.2. The predicted molar refractivity (Wildman–Crippen MR) is 120 cm³/mol. The van der Waals surface area contributed by atoms with Gasteiger partial charge in [-0.3, -0.25) is 14.2 Å². The average Bonchev–Trinajstić information content (AvgIpc) is 3.10. The molecular formula is C24H29F3N4O4. The van der Waals surface area contributed by atoms with Crippen molar-refractivity contribution >= 4 is 11.9 Å². The van der Waals surface area contributed by atoms with Gasteiger partial charge < -0.3 is 9.64 Å². The van der Waals surface area contributed by atoms with Crippen LogP contribution in [0.5, 0.6) is 0 Å². The molecule has 0 spiro atoms. The van der Waals surface area contributed by atoms with Gasteiger partial charge >= 0.3 is 23.7 Å². The van der Waals surface area contributed by atoms with Gasteiger partial charge in [-0.15, -0.1) is 0 Å². The summed E-state index contributed by atoms with van der Waals surface area (Å²) in [5.41, 5.74) is 1.97. The molecule has 0 saturated heterocycles. The fraction of sp³-hybridized carbons (Fsp3) is 0.583. The van der Waals surface area contributed by atoms with E-state index in [9.17, 15) is 27.6 Å². The smallest absolute Gasteiger partial charge is 0.469 e. The molecule has 1 fully saturated rings. The molecule has 0 radical (unpaired) electrons. The number of carbonyl (C=O) groups is 2. The third-order valence-corrected chi connectivity index (χ3v) is 7.15. The first kappa shape index (κ1) is 25.0. The fourth-order valence-electron chi connectivity index (χ4n) is 5.10. The number of hydrogen-bond donors (Lipinski definition) is 0. The molecule has 4 rings (SSSR count).